The molecule has 0 bridgehead atoms. The van der Waals surface area contributed by atoms with Gasteiger partial charge < -0.3 is 5.11 Å². The quantitative estimate of drug-likeness (QED) is 0.827. The Kier molecular flexibility index (Phi) is 3.23. The average Bonchev–Trinajstić information content (AvgIpc) is 2.54. The van der Waals surface area contributed by atoms with Crippen LogP contribution in [0.5, 0.6) is 0 Å². The second-order valence-corrected chi connectivity index (χ2v) is 4.76. The number of nitrogens with zero attached hydrogens (tertiary/aromatic N) is 2. The predicted molar refractivity (Wildman–Crippen MR) is 67.5 cm³/mol. The number of aromatic nitrogens is 2. The van der Waals surface area contributed by atoms with Gasteiger partial charge in [-0.1, -0.05) is 27.5 Å². The molecule has 0 aliphatic heterocycles. The molecule has 0 radical (unpaired) electrons. The summed E-state index contributed by atoms with van der Waals surface area (Å²) in [4.78, 5) is 11.1. The van der Waals surface area contributed by atoms with Gasteiger partial charge in [0.25, 0.3) is 0 Å². The summed E-state index contributed by atoms with van der Waals surface area (Å²) in [7, 11) is 0. The number of carbonyl (C=O) groups is 1. The van der Waals surface area contributed by atoms with Gasteiger partial charge in [0, 0.05) is 22.1 Å². The molecule has 2 aromatic rings. The van der Waals surface area contributed by atoms with Crippen LogP contribution < -0.4 is 0 Å². The molecule has 2 aromatic heterocycles. The molecule has 2 heterocycles. The lowest BCUT2D eigenvalue weighted by molar-refractivity contribution is 0.0698. The molecule has 4 nitrogen and oxygen atoms in total. The Morgan fingerprint density at radius 1 is 1.62 bits per heavy atom. The highest BCUT2D eigenvalue weighted by molar-refractivity contribution is 9.10. The number of fused-ring (bicyclic) bond motifs is 1. The van der Waals surface area contributed by atoms with E-state index in [0.717, 1.165) is 0 Å². The van der Waals surface area contributed by atoms with E-state index in [1.54, 1.807) is 12.3 Å². The molecule has 0 spiro atoms. The maximum absolute atomic E-state index is 11.1. The molecule has 1 N–H and O–H groups in total. The Bertz CT molecular complexity index is 582. The molecule has 0 aliphatic carbocycles. The predicted octanol–water partition coefficient (Wildman–Crippen LogP) is 3.34. The standard InChI is InChI=1S/C9H5Br2ClN2O2/c10-3-4-5(12)1-2-14-7(4)6(9(15)16)8(11)13-14/h1-2H,3H2,(H,15,16). The monoisotopic (exact) mass is 366 g/mol. The van der Waals surface area contributed by atoms with Crippen LogP contribution in [-0.4, -0.2) is 20.7 Å². The lowest BCUT2D eigenvalue weighted by Crippen LogP contribution is -1.99. The number of carboxylic acid groups (broad SMARTS) is 1. The highest BCUT2D eigenvalue weighted by Crippen LogP contribution is 2.29. The van der Waals surface area contributed by atoms with E-state index < -0.39 is 5.97 Å². The first-order chi connectivity index (χ1) is 7.56. The number of rotatable bonds is 2. The molecule has 16 heavy (non-hydrogen) atoms. The Balaban J connectivity index is 2.94. The zero-order chi connectivity index (χ0) is 11.9. The van der Waals surface area contributed by atoms with Crippen LogP contribution in [0.25, 0.3) is 5.52 Å². The molecular weight excluding hydrogens is 363 g/mol. The van der Waals surface area contributed by atoms with Gasteiger partial charge in [-0.3, -0.25) is 0 Å². The second kappa shape index (κ2) is 4.35. The maximum Gasteiger partial charge on any atom is 0.340 e. The molecule has 84 valence electrons. The van der Waals surface area contributed by atoms with Crippen LogP contribution in [-0.2, 0) is 5.33 Å². The fraction of sp³-hybridized carbons (Fsp3) is 0.111. The zero-order valence-electron chi connectivity index (χ0n) is 7.75. The Hall–Kier alpha value is -0.590. The molecule has 2 rings (SSSR count). The first-order valence-corrected chi connectivity index (χ1v) is 6.50. The number of hydrogen-bond donors (Lipinski definition) is 1. The van der Waals surface area contributed by atoms with E-state index in [4.69, 9.17) is 16.7 Å². The van der Waals surface area contributed by atoms with Gasteiger partial charge in [0.05, 0.1) is 5.52 Å². The first-order valence-electron chi connectivity index (χ1n) is 4.20. The fourth-order valence-electron chi connectivity index (χ4n) is 1.47. The first kappa shape index (κ1) is 11.9. The molecule has 0 fully saturated rings. The van der Waals surface area contributed by atoms with E-state index in [9.17, 15) is 4.79 Å². The minimum Gasteiger partial charge on any atom is -0.478 e. The summed E-state index contributed by atoms with van der Waals surface area (Å²) in [6.45, 7) is 0. The van der Waals surface area contributed by atoms with Gasteiger partial charge >= 0.3 is 5.97 Å². The summed E-state index contributed by atoms with van der Waals surface area (Å²) < 4.78 is 1.79. The number of alkyl halides is 1. The van der Waals surface area contributed by atoms with E-state index in [1.165, 1.54) is 4.52 Å². The minimum atomic E-state index is -1.04. The average molecular weight is 368 g/mol. The molecule has 0 amide bonds. The number of carboxylic acids is 1. The summed E-state index contributed by atoms with van der Waals surface area (Å²) in [6, 6.07) is 1.68. The van der Waals surface area contributed by atoms with Crippen molar-refractivity contribution < 1.29 is 9.90 Å². The van der Waals surface area contributed by atoms with Crippen molar-refractivity contribution in [2.75, 3.05) is 0 Å². The maximum atomic E-state index is 11.1. The van der Waals surface area contributed by atoms with Crippen molar-refractivity contribution in [1.82, 2.24) is 9.61 Å². The summed E-state index contributed by atoms with van der Waals surface area (Å²) in [5.41, 5.74) is 1.33. The summed E-state index contributed by atoms with van der Waals surface area (Å²) in [6.07, 6.45) is 1.63. The highest BCUT2D eigenvalue weighted by atomic mass is 79.9. The Morgan fingerprint density at radius 2 is 2.31 bits per heavy atom. The van der Waals surface area contributed by atoms with Crippen LogP contribution in [0.4, 0.5) is 0 Å². The van der Waals surface area contributed by atoms with Gasteiger partial charge in [0.1, 0.15) is 10.2 Å². The van der Waals surface area contributed by atoms with Crippen molar-refractivity contribution in [2.24, 2.45) is 0 Å². The van der Waals surface area contributed by atoms with Crippen molar-refractivity contribution in [2.45, 2.75) is 5.33 Å². The number of halogens is 3. The fourth-order valence-corrected chi connectivity index (χ4v) is 2.94. The van der Waals surface area contributed by atoms with Crippen molar-refractivity contribution in [3.05, 3.63) is 33.0 Å². The molecule has 0 unspecified atom stereocenters. The topological polar surface area (TPSA) is 54.6 Å². The van der Waals surface area contributed by atoms with Crippen LogP contribution in [0, 0.1) is 0 Å². The Morgan fingerprint density at radius 3 is 2.88 bits per heavy atom. The second-order valence-electron chi connectivity index (χ2n) is 3.04. The smallest absolute Gasteiger partial charge is 0.340 e. The number of aromatic carboxylic acids is 1. The molecule has 0 atom stereocenters. The van der Waals surface area contributed by atoms with E-state index in [0.29, 0.717) is 26.0 Å². The molecule has 0 saturated carbocycles. The van der Waals surface area contributed by atoms with E-state index in [-0.39, 0.29) is 5.56 Å². The van der Waals surface area contributed by atoms with Crippen molar-refractivity contribution in [3.8, 4) is 0 Å². The van der Waals surface area contributed by atoms with E-state index in [1.807, 2.05) is 0 Å². The number of pyridine rings is 1. The molecule has 0 aliphatic rings. The van der Waals surface area contributed by atoms with Gasteiger partial charge in [-0.2, -0.15) is 5.10 Å². The normalized spacial score (nSPS) is 10.9. The molecule has 0 saturated heterocycles. The van der Waals surface area contributed by atoms with Crippen LogP contribution in [0.15, 0.2) is 16.9 Å². The van der Waals surface area contributed by atoms with Crippen LogP contribution >= 0.6 is 43.5 Å². The molecule has 0 aromatic carbocycles. The van der Waals surface area contributed by atoms with E-state index >= 15 is 0 Å². The van der Waals surface area contributed by atoms with Crippen molar-refractivity contribution in [3.63, 3.8) is 0 Å². The third kappa shape index (κ3) is 1.74. The summed E-state index contributed by atoms with van der Waals surface area (Å²) >= 11 is 12.4. The van der Waals surface area contributed by atoms with Gasteiger partial charge in [-0.15, -0.1) is 0 Å². The van der Waals surface area contributed by atoms with Gasteiger partial charge in [0.15, 0.2) is 0 Å². The zero-order valence-corrected chi connectivity index (χ0v) is 11.7. The van der Waals surface area contributed by atoms with Crippen molar-refractivity contribution in [1.29, 1.82) is 0 Å². The van der Waals surface area contributed by atoms with Crippen LogP contribution in [0.3, 0.4) is 0 Å². The molecular formula is C9H5Br2ClN2O2. The van der Waals surface area contributed by atoms with E-state index in [2.05, 4.69) is 37.0 Å². The Labute approximate surface area is 112 Å². The molecule has 7 heteroatoms. The largest absolute Gasteiger partial charge is 0.478 e. The third-order valence-electron chi connectivity index (χ3n) is 2.15. The van der Waals surface area contributed by atoms with Gasteiger partial charge in [0.2, 0.25) is 0 Å². The van der Waals surface area contributed by atoms with Gasteiger partial charge in [-0.25, -0.2) is 9.31 Å². The SMILES string of the molecule is O=C(O)c1c(Br)nn2ccc(Cl)c(CBr)c12. The highest BCUT2D eigenvalue weighted by Gasteiger charge is 2.20. The lowest BCUT2D eigenvalue weighted by atomic mass is 10.2. The van der Waals surface area contributed by atoms with Crippen LogP contribution in [0.2, 0.25) is 5.02 Å². The van der Waals surface area contributed by atoms with Crippen LogP contribution in [0.1, 0.15) is 15.9 Å². The summed E-state index contributed by atoms with van der Waals surface area (Å²) in [5.74, 6) is -1.04. The van der Waals surface area contributed by atoms with Crippen molar-refractivity contribution >= 4 is 54.9 Å². The van der Waals surface area contributed by atoms with Gasteiger partial charge in [-0.05, 0) is 22.0 Å². The minimum absolute atomic E-state index is 0.122. The third-order valence-corrected chi connectivity index (χ3v) is 3.62. The lowest BCUT2D eigenvalue weighted by Gasteiger charge is -2.03. The summed E-state index contributed by atoms with van der Waals surface area (Å²) in [5, 5.41) is 14.2. The number of hydrogen-bond acceptors (Lipinski definition) is 2.